The summed E-state index contributed by atoms with van der Waals surface area (Å²) in [5, 5.41) is 19.5. The lowest BCUT2D eigenvalue weighted by atomic mass is 9.85. The van der Waals surface area contributed by atoms with Gasteiger partial charge in [0.15, 0.2) is 17.5 Å². The Morgan fingerprint density at radius 3 is 2.83 bits per heavy atom. The van der Waals surface area contributed by atoms with Crippen molar-refractivity contribution >= 4 is 11.9 Å². The maximum atomic E-state index is 12.4. The summed E-state index contributed by atoms with van der Waals surface area (Å²) in [5.74, 6) is 1.63. The Labute approximate surface area is 174 Å². The normalized spacial score (nSPS) is 19.7. The number of phenols is 1. The average molecular weight is 405 g/mol. The summed E-state index contributed by atoms with van der Waals surface area (Å²) in [6, 6.07) is 5.79. The molecule has 0 aromatic heterocycles. The molecule has 1 saturated carbocycles. The van der Waals surface area contributed by atoms with Gasteiger partial charge in [-0.05, 0) is 64.2 Å². The van der Waals surface area contributed by atoms with E-state index in [1.807, 2.05) is 32.9 Å². The van der Waals surface area contributed by atoms with Crippen LogP contribution in [-0.4, -0.2) is 49.3 Å². The van der Waals surface area contributed by atoms with E-state index in [2.05, 4.69) is 20.9 Å². The number of aliphatic imine (C=N–C) groups is 1. The van der Waals surface area contributed by atoms with E-state index in [-0.39, 0.29) is 29.7 Å². The van der Waals surface area contributed by atoms with E-state index in [4.69, 9.17) is 4.74 Å². The molecule has 1 aliphatic rings. The zero-order valence-corrected chi connectivity index (χ0v) is 18.1. The summed E-state index contributed by atoms with van der Waals surface area (Å²) in [7, 11) is 1.54. The van der Waals surface area contributed by atoms with Gasteiger partial charge in [-0.1, -0.05) is 12.5 Å². The Morgan fingerprint density at radius 2 is 2.14 bits per heavy atom. The van der Waals surface area contributed by atoms with Gasteiger partial charge in [0, 0.05) is 31.1 Å². The van der Waals surface area contributed by atoms with Crippen molar-refractivity contribution in [3.8, 4) is 11.5 Å². The molecule has 2 rings (SSSR count). The fourth-order valence-electron chi connectivity index (χ4n) is 3.65. The molecule has 0 saturated heterocycles. The topological polar surface area (TPSA) is 95.0 Å². The van der Waals surface area contributed by atoms with Crippen LogP contribution in [0.4, 0.5) is 0 Å². The highest BCUT2D eigenvalue weighted by atomic mass is 16.5. The second kappa shape index (κ2) is 11.5. The highest BCUT2D eigenvalue weighted by Gasteiger charge is 2.27. The van der Waals surface area contributed by atoms with Crippen molar-refractivity contribution in [1.29, 1.82) is 0 Å². The second-order valence-electron chi connectivity index (χ2n) is 7.88. The summed E-state index contributed by atoms with van der Waals surface area (Å²) in [6.07, 6.45) is 4.62. The molecular formula is C22H36N4O3. The molecule has 1 aliphatic carbocycles. The quantitative estimate of drug-likeness (QED) is 0.395. The van der Waals surface area contributed by atoms with E-state index in [9.17, 15) is 9.90 Å². The molecule has 1 aromatic rings. The number of methoxy groups -OCH3 is 1. The Bertz CT molecular complexity index is 691. The van der Waals surface area contributed by atoms with Crippen LogP contribution < -0.4 is 20.7 Å². The van der Waals surface area contributed by atoms with Crippen LogP contribution in [0.2, 0.25) is 0 Å². The fraction of sp³-hybridized carbons (Fsp3) is 0.636. The van der Waals surface area contributed by atoms with E-state index < -0.39 is 0 Å². The van der Waals surface area contributed by atoms with Crippen LogP contribution in [0.5, 0.6) is 11.5 Å². The lowest BCUT2D eigenvalue weighted by molar-refractivity contribution is -0.126. The van der Waals surface area contributed by atoms with E-state index in [1.165, 1.54) is 0 Å². The first-order chi connectivity index (χ1) is 13.9. The average Bonchev–Trinajstić information content (AvgIpc) is 2.69. The number of hydrogen-bond acceptors (Lipinski definition) is 4. The molecule has 0 aliphatic heterocycles. The van der Waals surface area contributed by atoms with Crippen molar-refractivity contribution in [3.05, 3.63) is 23.8 Å². The molecule has 1 aromatic carbocycles. The molecular weight excluding hydrogens is 368 g/mol. The van der Waals surface area contributed by atoms with Crippen molar-refractivity contribution in [2.45, 2.75) is 65.0 Å². The van der Waals surface area contributed by atoms with Gasteiger partial charge in [0.1, 0.15) is 0 Å². The number of carbonyl (C=O) groups is 1. The number of amides is 1. The van der Waals surface area contributed by atoms with Crippen LogP contribution in [0.15, 0.2) is 23.2 Å². The zero-order chi connectivity index (χ0) is 21.2. The monoisotopic (exact) mass is 404 g/mol. The van der Waals surface area contributed by atoms with Gasteiger partial charge in [-0.3, -0.25) is 9.79 Å². The number of carbonyl (C=O) groups excluding carboxylic acids is 1. The number of aromatic hydroxyl groups is 1. The van der Waals surface area contributed by atoms with Crippen LogP contribution in [0.25, 0.3) is 0 Å². The largest absolute Gasteiger partial charge is 0.504 e. The number of hydrogen-bond donors (Lipinski definition) is 4. The Morgan fingerprint density at radius 1 is 1.34 bits per heavy atom. The van der Waals surface area contributed by atoms with E-state index >= 15 is 0 Å². The predicted molar refractivity (Wildman–Crippen MR) is 117 cm³/mol. The Kier molecular flexibility index (Phi) is 9.09. The smallest absolute Gasteiger partial charge is 0.223 e. The molecule has 29 heavy (non-hydrogen) atoms. The van der Waals surface area contributed by atoms with Crippen molar-refractivity contribution in [1.82, 2.24) is 16.0 Å². The fourth-order valence-corrected chi connectivity index (χ4v) is 3.65. The molecule has 2 atom stereocenters. The molecule has 0 heterocycles. The summed E-state index contributed by atoms with van der Waals surface area (Å²) in [4.78, 5) is 17.0. The highest BCUT2D eigenvalue weighted by molar-refractivity contribution is 5.81. The summed E-state index contributed by atoms with van der Waals surface area (Å²) < 4.78 is 5.16. The summed E-state index contributed by atoms with van der Waals surface area (Å²) in [5.41, 5.74) is 1.06. The van der Waals surface area contributed by atoms with Gasteiger partial charge >= 0.3 is 0 Å². The van der Waals surface area contributed by atoms with Crippen LogP contribution in [0.1, 0.15) is 52.0 Å². The molecule has 162 valence electrons. The maximum absolute atomic E-state index is 12.4. The first kappa shape index (κ1) is 22.8. The van der Waals surface area contributed by atoms with E-state index in [1.54, 1.807) is 13.2 Å². The minimum absolute atomic E-state index is 0.0657. The molecule has 7 heteroatoms. The number of guanidine groups is 1. The van der Waals surface area contributed by atoms with Gasteiger partial charge in [0.05, 0.1) is 7.11 Å². The van der Waals surface area contributed by atoms with Crippen LogP contribution in [0.3, 0.4) is 0 Å². The van der Waals surface area contributed by atoms with Crippen molar-refractivity contribution < 1.29 is 14.6 Å². The molecule has 0 radical (unpaired) electrons. The third-order valence-electron chi connectivity index (χ3n) is 5.08. The van der Waals surface area contributed by atoms with Crippen molar-refractivity contribution in [2.75, 3.05) is 20.2 Å². The molecule has 1 fully saturated rings. The van der Waals surface area contributed by atoms with Crippen molar-refractivity contribution in [3.63, 3.8) is 0 Å². The molecule has 0 spiro atoms. The van der Waals surface area contributed by atoms with Gasteiger partial charge in [0.25, 0.3) is 0 Å². The zero-order valence-electron chi connectivity index (χ0n) is 18.1. The molecule has 2 unspecified atom stereocenters. The van der Waals surface area contributed by atoms with Gasteiger partial charge < -0.3 is 25.8 Å². The molecule has 7 nitrogen and oxygen atoms in total. The number of rotatable bonds is 8. The molecule has 4 N–H and O–H groups in total. The Balaban J connectivity index is 1.92. The van der Waals surface area contributed by atoms with Crippen LogP contribution >= 0.6 is 0 Å². The number of nitrogens with zero attached hydrogens (tertiary/aromatic N) is 1. The van der Waals surface area contributed by atoms with Gasteiger partial charge in [0.2, 0.25) is 5.91 Å². The SMILES string of the molecule is CCNC(=NCCc1ccc(O)c(OC)c1)NC1CCCC(C(=O)NC(C)C)C1. The maximum Gasteiger partial charge on any atom is 0.223 e. The molecule has 0 bridgehead atoms. The number of nitrogens with one attached hydrogen (secondary N) is 3. The van der Waals surface area contributed by atoms with E-state index in [0.29, 0.717) is 12.3 Å². The van der Waals surface area contributed by atoms with Crippen LogP contribution in [-0.2, 0) is 11.2 Å². The van der Waals surface area contributed by atoms with E-state index in [0.717, 1.165) is 50.2 Å². The van der Waals surface area contributed by atoms with Gasteiger partial charge in [-0.2, -0.15) is 0 Å². The predicted octanol–water partition coefficient (Wildman–Crippen LogP) is 2.58. The van der Waals surface area contributed by atoms with Gasteiger partial charge in [-0.25, -0.2) is 0 Å². The minimum atomic E-state index is 0.0657. The van der Waals surface area contributed by atoms with Crippen LogP contribution in [0, 0.1) is 5.92 Å². The number of phenolic OH excluding ortho intramolecular Hbond substituents is 1. The number of benzene rings is 1. The third kappa shape index (κ3) is 7.48. The lowest BCUT2D eigenvalue weighted by Gasteiger charge is -2.30. The number of ether oxygens (including phenoxy) is 1. The standard InChI is InChI=1S/C22H36N4O3/c1-5-23-22(24-12-11-16-9-10-19(27)20(13-16)29-4)26-18-8-6-7-17(14-18)21(28)25-15(2)3/h9-10,13,15,17-18,27H,5-8,11-12,14H2,1-4H3,(H,25,28)(H2,23,24,26). The first-order valence-electron chi connectivity index (χ1n) is 10.6. The molecule has 1 amide bonds. The highest BCUT2D eigenvalue weighted by Crippen LogP contribution is 2.26. The summed E-state index contributed by atoms with van der Waals surface area (Å²) >= 11 is 0. The summed E-state index contributed by atoms with van der Waals surface area (Å²) in [6.45, 7) is 7.43. The minimum Gasteiger partial charge on any atom is -0.504 e. The van der Waals surface area contributed by atoms with Gasteiger partial charge in [-0.15, -0.1) is 0 Å². The first-order valence-corrected chi connectivity index (χ1v) is 10.6. The second-order valence-corrected chi connectivity index (χ2v) is 7.88. The lowest BCUT2D eigenvalue weighted by Crippen LogP contribution is -2.47. The third-order valence-corrected chi connectivity index (χ3v) is 5.08. The van der Waals surface area contributed by atoms with Crippen molar-refractivity contribution in [2.24, 2.45) is 10.9 Å². The Hall–Kier alpha value is -2.44.